The van der Waals surface area contributed by atoms with E-state index in [1.54, 1.807) is 6.07 Å². The molecule has 1 fully saturated rings. The smallest absolute Gasteiger partial charge is 0.143 e. The highest BCUT2D eigenvalue weighted by atomic mass is 35.5. The van der Waals surface area contributed by atoms with E-state index in [2.05, 4.69) is 17.5 Å². The first-order valence-electron chi connectivity index (χ1n) is 6.09. The van der Waals surface area contributed by atoms with Crippen molar-refractivity contribution in [1.29, 1.82) is 0 Å². The number of hydrogen-bond acceptors (Lipinski definition) is 1. The van der Waals surface area contributed by atoms with Crippen molar-refractivity contribution < 1.29 is 4.39 Å². The maximum Gasteiger partial charge on any atom is 0.143 e. The molecule has 1 aromatic rings. The Bertz CT molecular complexity index is 458. The number of allylic oxidation sites excluding steroid dienone is 2. The fourth-order valence-electron chi connectivity index (χ4n) is 2.98. The minimum absolute atomic E-state index is 0.179. The Morgan fingerprint density at radius 2 is 2.18 bits per heavy atom. The minimum Gasteiger partial charge on any atom is -0.385 e. The first-order valence-corrected chi connectivity index (χ1v) is 6.47. The van der Waals surface area contributed by atoms with Gasteiger partial charge in [0.1, 0.15) is 5.82 Å². The Hall–Kier alpha value is -1.02. The van der Waals surface area contributed by atoms with E-state index in [0.717, 1.165) is 24.1 Å². The summed E-state index contributed by atoms with van der Waals surface area (Å²) in [6.07, 6.45) is 7.25. The molecular formula is C14H15ClFN. The van der Waals surface area contributed by atoms with Crippen LogP contribution in [0.25, 0.3) is 0 Å². The summed E-state index contributed by atoms with van der Waals surface area (Å²) < 4.78 is 13.2. The summed E-state index contributed by atoms with van der Waals surface area (Å²) in [5.74, 6) is 1.85. The molecule has 1 aromatic carbocycles. The van der Waals surface area contributed by atoms with Crippen LogP contribution in [0.1, 0.15) is 12.8 Å². The fraction of sp³-hybridized carbons (Fsp3) is 0.429. The van der Waals surface area contributed by atoms with Crippen molar-refractivity contribution in [3.8, 4) is 0 Å². The van der Waals surface area contributed by atoms with E-state index in [0.29, 0.717) is 5.92 Å². The molecule has 1 N–H and O–H groups in total. The summed E-state index contributed by atoms with van der Waals surface area (Å²) in [7, 11) is 0. The van der Waals surface area contributed by atoms with Gasteiger partial charge in [-0.15, -0.1) is 0 Å². The topological polar surface area (TPSA) is 12.0 Å². The normalized spacial score (nSPS) is 29.9. The van der Waals surface area contributed by atoms with Gasteiger partial charge in [0.25, 0.3) is 0 Å². The highest BCUT2D eigenvalue weighted by molar-refractivity contribution is 6.30. The van der Waals surface area contributed by atoms with Crippen molar-refractivity contribution in [1.82, 2.24) is 0 Å². The van der Waals surface area contributed by atoms with E-state index in [9.17, 15) is 4.39 Å². The van der Waals surface area contributed by atoms with Crippen LogP contribution in [0.3, 0.4) is 0 Å². The summed E-state index contributed by atoms with van der Waals surface area (Å²) in [4.78, 5) is 0. The van der Waals surface area contributed by atoms with Crippen molar-refractivity contribution in [2.24, 2.45) is 17.8 Å². The molecule has 0 aliphatic heterocycles. The summed E-state index contributed by atoms with van der Waals surface area (Å²) in [5.41, 5.74) is 0.818. The first-order chi connectivity index (χ1) is 8.22. The third kappa shape index (κ3) is 2.19. The van der Waals surface area contributed by atoms with Crippen LogP contribution >= 0.6 is 11.6 Å². The summed E-state index contributed by atoms with van der Waals surface area (Å²) >= 11 is 5.65. The molecule has 3 heteroatoms. The highest BCUT2D eigenvalue weighted by Crippen LogP contribution is 2.43. The van der Waals surface area contributed by atoms with Gasteiger partial charge >= 0.3 is 0 Å². The summed E-state index contributed by atoms with van der Waals surface area (Å²) in [6, 6.07) is 4.89. The predicted molar refractivity (Wildman–Crippen MR) is 68.7 cm³/mol. The van der Waals surface area contributed by atoms with Crippen molar-refractivity contribution >= 4 is 17.3 Å². The lowest BCUT2D eigenvalue weighted by Gasteiger charge is -2.19. The molecule has 3 rings (SSSR count). The van der Waals surface area contributed by atoms with Crippen molar-refractivity contribution in [3.05, 3.63) is 41.2 Å². The van der Waals surface area contributed by atoms with Gasteiger partial charge in [0.15, 0.2) is 0 Å². The molecule has 0 spiro atoms. The van der Waals surface area contributed by atoms with E-state index >= 15 is 0 Å². The maximum absolute atomic E-state index is 13.2. The van der Waals surface area contributed by atoms with Crippen LogP contribution in [0.15, 0.2) is 30.4 Å². The van der Waals surface area contributed by atoms with E-state index in [-0.39, 0.29) is 10.8 Å². The lowest BCUT2D eigenvalue weighted by atomic mass is 9.93. The molecule has 3 atom stereocenters. The number of fused-ring (bicyclic) bond motifs is 2. The average Bonchev–Trinajstić information content (AvgIpc) is 2.92. The number of hydrogen-bond donors (Lipinski definition) is 1. The van der Waals surface area contributed by atoms with Crippen molar-refractivity contribution in [2.75, 3.05) is 11.9 Å². The number of halogens is 2. The Labute approximate surface area is 106 Å². The SMILES string of the molecule is Fc1cc(NCC2CC3C=CC2C3)ccc1Cl. The van der Waals surface area contributed by atoms with E-state index in [1.807, 2.05) is 6.07 Å². The minimum atomic E-state index is -0.357. The monoisotopic (exact) mass is 251 g/mol. The Kier molecular flexibility index (Phi) is 2.83. The van der Waals surface area contributed by atoms with Crippen LogP contribution in [-0.2, 0) is 0 Å². The van der Waals surface area contributed by atoms with Crippen LogP contribution in [-0.4, -0.2) is 6.54 Å². The van der Waals surface area contributed by atoms with Crippen molar-refractivity contribution in [3.63, 3.8) is 0 Å². The molecule has 0 radical (unpaired) electrons. The fourth-order valence-corrected chi connectivity index (χ4v) is 3.10. The van der Waals surface area contributed by atoms with Gasteiger partial charge in [-0.05, 0) is 48.8 Å². The second kappa shape index (κ2) is 4.34. The third-order valence-electron chi connectivity index (χ3n) is 3.90. The molecule has 2 aliphatic carbocycles. The number of benzene rings is 1. The largest absolute Gasteiger partial charge is 0.385 e. The molecule has 0 saturated heterocycles. The van der Waals surface area contributed by atoms with Crippen LogP contribution in [0.4, 0.5) is 10.1 Å². The van der Waals surface area contributed by atoms with Gasteiger partial charge in [0, 0.05) is 12.2 Å². The average molecular weight is 252 g/mol. The molecule has 0 aromatic heterocycles. The molecule has 2 bridgehead atoms. The quantitative estimate of drug-likeness (QED) is 0.798. The number of anilines is 1. The second-order valence-electron chi connectivity index (χ2n) is 5.05. The van der Waals surface area contributed by atoms with Crippen LogP contribution < -0.4 is 5.32 Å². The zero-order chi connectivity index (χ0) is 11.8. The lowest BCUT2D eigenvalue weighted by Crippen LogP contribution is -2.18. The lowest BCUT2D eigenvalue weighted by molar-refractivity contribution is 0.472. The third-order valence-corrected chi connectivity index (χ3v) is 4.21. The second-order valence-corrected chi connectivity index (χ2v) is 5.46. The molecule has 1 nitrogen and oxygen atoms in total. The van der Waals surface area contributed by atoms with Crippen LogP contribution in [0.5, 0.6) is 0 Å². The van der Waals surface area contributed by atoms with Gasteiger partial charge in [0.05, 0.1) is 5.02 Å². The maximum atomic E-state index is 13.2. The van der Waals surface area contributed by atoms with E-state index < -0.39 is 0 Å². The number of nitrogens with one attached hydrogen (secondary N) is 1. The van der Waals surface area contributed by atoms with Gasteiger partial charge in [-0.3, -0.25) is 0 Å². The van der Waals surface area contributed by atoms with Crippen LogP contribution in [0.2, 0.25) is 5.02 Å². The Balaban J connectivity index is 1.61. The molecule has 0 amide bonds. The molecule has 1 saturated carbocycles. The zero-order valence-corrected chi connectivity index (χ0v) is 10.3. The molecule has 3 unspecified atom stereocenters. The first kappa shape index (κ1) is 11.1. The van der Waals surface area contributed by atoms with Gasteiger partial charge in [-0.2, -0.15) is 0 Å². The van der Waals surface area contributed by atoms with Gasteiger partial charge in [-0.25, -0.2) is 4.39 Å². The standard InChI is InChI=1S/C14H15ClFN/c15-13-4-3-12(7-14(13)16)17-8-11-6-9-1-2-10(11)5-9/h1-4,7,9-11,17H,5-6,8H2. The van der Waals surface area contributed by atoms with E-state index in [4.69, 9.17) is 11.6 Å². The summed E-state index contributed by atoms with van der Waals surface area (Å²) in [6.45, 7) is 0.923. The predicted octanol–water partition coefficient (Wildman–Crippen LogP) is 4.10. The number of rotatable bonds is 3. The Morgan fingerprint density at radius 3 is 2.82 bits per heavy atom. The van der Waals surface area contributed by atoms with Gasteiger partial charge < -0.3 is 5.32 Å². The molecule has 0 heterocycles. The highest BCUT2D eigenvalue weighted by Gasteiger charge is 2.35. The van der Waals surface area contributed by atoms with E-state index in [1.165, 1.54) is 18.9 Å². The molecule has 90 valence electrons. The molecular weight excluding hydrogens is 237 g/mol. The molecule has 17 heavy (non-hydrogen) atoms. The Morgan fingerprint density at radius 1 is 1.29 bits per heavy atom. The zero-order valence-electron chi connectivity index (χ0n) is 9.50. The van der Waals surface area contributed by atoms with Gasteiger partial charge in [0.2, 0.25) is 0 Å². The summed E-state index contributed by atoms with van der Waals surface area (Å²) in [5, 5.41) is 3.49. The molecule has 2 aliphatic rings. The van der Waals surface area contributed by atoms with Crippen LogP contribution in [0, 0.1) is 23.6 Å². The van der Waals surface area contributed by atoms with Crippen molar-refractivity contribution in [2.45, 2.75) is 12.8 Å². The van der Waals surface area contributed by atoms with Gasteiger partial charge in [-0.1, -0.05) is 23.8 Å².